The van der Waals surface area contributed by atoms with Gasteiger partial charge in [-0.05, 0) is 33.6 Å². The van der Waals surface area contributed by atoms with Crippen molar-refractivity contribution in [2.75, 3.05) is 6.61 Å². The normalized spacial score (nSPS) is 53.0. The van der Waals surface area contributed by atoms with Crippen molar-refractivity contribution in [2.24, 2.45) is 5.92 Å². The molecule has 18 heavy (non-hydrogen) atoms. The van der Waals surface area contributed by atoms with Crippen LogP contribution in [0.2, 0.25) is 0 Å². The van der Waals surface area contributed by atoms with Gasteiger partial charge in [-0.3, -0.25) is 0 Å². The smallest absolute Gasteiger partial charge is 0.174 e. The molecule has 2 aliphatic heterocycles. The molecule has 3 heteroatoms. The molecule has 2 saturated heterocycles. The lowest BCUT2D eigenvalue weighted by atomic mass is 9.68. The Morgan fingerprint density at radius 2 is 1.83 bits per heavy atom. The molecule has 0 aromatic rings. The Morgan fingerprint density at radius 1 is 1.17 bits per heavy atom. The van der Waals surface area contributed by atoms with Crippen LogP contribution < -0.4 is 5.32 Å². The van der Waals surface area contributed by atoms with Crippen molar-refractivity contribution in [2.45, 2.75) is 83.8 Å². The predicted molar refractivity (Wildman–Crippen MR) is 73.5 cm³/mol. The minimum absolute atomic E-state index is 0.0765. The third-order valence-electron chi connectivity index (χ3n) is 5.32. The highest BCUT2D eigenvalue weighted by atomic mass is 16.7. The van der Waals surface area contributed by atoms with E-state index in [0.717, 1.165) is 25.9 Å². The van der Waals surface area contributed by atoms with E-state index in [1.165, 1.54) is 0 Å². The Kier molecular flexibility index (Phi) is 3.54. The van der Waals surface area contributed by atoms with Crippen molar-refractivity contribution in [3.63, 3.8) is 0 Å². The van der Waals surface area contributed by atoms with Crippen LogP contribution >= 0.6 is 0 Å². The van der Waals surface area contributed by atoms with Gasteiger partial charge in [-0.1, -0.05) is 20.8 Å². The Hall–Kier alpha value is -0.120. The molecule has 0 bridgehead atoms. The highest BCUT2D eigenvalue weighted by Crippen LogP contribution is 2.48. The first kappa shape index (κ1) is 14.3. The maximum absolute atomic E-state index is 6.23. The standard InChI is InChI=1S/C15H29NO2/c1-7-13(5)10-15(17-9-11(3)18-15)12(4)14(6,8-2)16-13/h11-12,16H,7-10H2,1-6H3. The van der Waals surface area contributed by atoms with Gasteiger partial charge in [0.05, 0.1) is 12.7 Å². The van der Waals surface area contributed by atoms with Gasteiger partial charge in [0.25, 0.3) is 0 Å². The lowest BCUT2D eigenvalue weighted by molar-refractivity contribution is -0.250. The first-order valence-electron chi connectivity index (χ1n) is 7.40. The van der Waals surface area contributed by atoms with Crippen LogP contribution in [0.5, 0.6) is 0 Å². The first-order chi connectivity index (χ1) is 8.29. The van der Waals surface area contributed by atoms with Crippen molar-refractivity contribution >= 4 is 0 Å². The van der Waals surface area contributed by atoms with Gasteiger partial charge in [0, 0.05) is 23.4 Å². The van der Waals surface area contributed by atoms with Crippen molar-refractivity contribution in [1.29, 1.82) is 0 Å². The van der Waals surface area contributed by atoms with Crippen LogP contribution in [0.25, 0.3) is 0 Å². The van der Waals surface area contributed by atoms with E-state index in [0.29, 0.717) is 5.92 Å². The van der Waals surface area contributed by atoms with Crippen LogP contribution in [-0.4, -0.2) is 29.6 Å². The quantitative estimate of drug-likeness (QED) is 0.822. The summed E-state index contributed by atoms with van der Waals surface area (Å²) in [4.78, 5) is 0. The van der Waals surface area contributed by atoms with Crippen LogP contribution in [0.3, 0.4) is 0 Å². The zero-order valence-corrected chi connectivity index (χ0v) is 12.8. The van der Waals surface area contributed by atoms with Crippen molar-refractivity contribution in [3.8, 4) is 0 Å². The van der Waals surface area contributed by atoms with Gasteiger partial charge in [0.15, 0.2) is 5.79 Å². The molecule has 0 amide bonds. The molecule has 0 saturated carbocycles. The second kappa shape index (κ2) is 4.46. The van der Waals surface area contributed by atoms with E-state index >= 15 is 0 Å². The summed E-state index contributed by atoms with van der Waals surface area (Å²) < 4.78 is 12.4. The van der Waals surface area contributed by atoms with Crippen LogP contribution in [0.15, 0.2) is 0 Å². The van der Waals surface area contributed by atoms with Crippen LogP contribution in [0.4, 0.5) is 0 Å². The SMILES string of the molecule is CCC1(C)CC2(OCC(C)O2)C(C)C(C)(CC)N1. The van der Waals surface area contributed by atoms with Crippen LogP contribution in [0.1, 0.15) is 60.8 Å². The Balaban J connectivity index is 2.34. The molecule has 5 unspecified atom stereocenters. The highest BCUT2D eigenvalue weighted by molar-refractivity contribution is 5.09. The molecule has 2 fully saturated rings. The number of ether oxygens (including phenoxy) is 2. The summed E-state index contributed by atoms with van der Waals surface area (Å²) in [6.07, 6.45) is 3.34. The number of nitrogens with one attached hydrogen (secondary N) is 1. The monoisotopic (exact) mass is 255 g/mol. The van der Waals surface area contributed by atoms with E-state index in [1.54, 1.807) is 0 Å². The molecule has 0 aromatic heterocycles. The Morgan fingerprint density at radius 3 is 2.28 bits per heavy atom. The molecule has 5 atom stereocenters. The van der Waals surface area contributed by atoms with Gasteiger partial charge < -0.3 is 14.8 Å². The summed E-state index contributed by atoms with van der Waals surface area (Å²) in [5.41, 5.74) is 0.175. The molecular formula is C15H29NO2. The molecular weight excluding hydrogens is 226 g/mol. The largest absolute Gasteiger partial charge is 0.347 e. The number of rotatable bonds is 2. The third kappa shape index (κ3) is 2.10. The molecule has 0 radical (unpaired) electrons. The summed E-state index contributed by atoms with van der Waals surface area (Å²) >= 11 is 0. The molecule has 0 aromatic carbocycles. The second-order valence-corrected chi connectivity index (χ2v) is 6.76. The maximum Gasteiger partial charge on any atom is 0.174 e. The molecule has 3 nitrogen and oxygen atoms in total. The average Bonchev–Trinajstić information content (AvgIpc) is 2.69. The van der Waals surface area contributed by atoms with Crippen molar-refractivity contribution < 1.29 is 9.47 Å². The Labute approximate surface area is 112 Å². The van der Waals surface area contributed by atoms with E-state index in [-0.39, 0.29) is 23.0 Å². The van der Waals surface area contributed by atoms with Gasteiger partial charge in [-0.15, -0.1) is 0 Å². The lowest BCUT2D eigenvalue weighted by Gasteiger charge is -2.56. The zero-order valence-electron chi connectivity index (χ0n) is 12.8. The summed E-state index contributed by atoms with van der Waals surface area (Å²) in [6.45, 7) is 14.2. The van der Waals surface area contributed by atoms with Crippen molar-refractivity contribution in [1.82, 2.24) is 5.32 Å². The minimum atomic E-state index is -0.389. The number of piperidine rings is 1. The molecule has 106 valence electrons. The van der Waals surface area contributed by atoms with Gasteiger partial charge in [0.2, 0.25) is 0 Å². The van der Waals surface area contributed by atoms with Gasteiger partial charge in [-0.2, -0.15) is 0 Å². The van der Waals surface area contributed by atoms with E-state index in [4.69, 9.17) is 9.47 Å². The molecule has 1 spiro atoms. The topological polar surface area (TPSA) is 30.5 Å². The summed E-state index contributed by atoms with van der Waals surface area (Å²) in [7, 11) is 0. The van der Waals surface area contributed by atoms with Crippen LogP contribution in [-0.2, 0) is 9.47 Å². The van der Waals surface area contributed by atoms with Crippen LogP contribution in [0, 0.1) is 5.92 Å². The second-order valence-electron chi connectivity index (χ2n) is 6.76. The van der Waals surface area contributed by atoms with E-state index in [9.17, 15) is 0 Å². The predicted octanol–water partition coefficient (Wildman–Crippen LogP) is 3.08. The van der Waals surface area contributed by atoms with E-state index in [2.05, 4.69) is 46.9 Å². The lowest BCUT2D eigenvalue weighted by Crippen LogP contribution is -2.70. The number of hydrogen-bond donors (Lipinski definition) is 1. The molecule has 1 N–H and O–H groups in total. The summed E-state index contributed by atoms with van der Waals surface area (Å²) in [6, 6.07) is 0. The van der Waals surface area contributed by atoms with Crippen molar-refractivity contribution in [3.05, 3.63) is 0 Å². The van der Waals surface area contributed by atoms with E-state index in [1.807, 2.05) is 0 Å². The molecule has 2 heterocycles. The van der Waals surface area contributed by atoms with Gasteiger partial charge in [-0.25, -0.2) is 0 Å². The molecule has 2 rings (SSSR count). The minimum Gasteiger partial charge on any atom is -0.347 e. The zero-order chi connectivity index (χ0) is 13.6. The fraction of sp³-hybridized carbons (Fsp3) is 1.00. The third-order valence-corrected chi connectivity index (χ3v) is 5.32. The summed E-state index contributed by atoms with van der Waals surface area (Å²) in [5.74, 6) is -0.0280. The van der Waals surface area contributed by atoms with E-state index < -0.39 is 0 Å². The maximum atomic E-state index is 6.23. The molecule has 0 aliphatic carbocycles. The molecule has 2 aliphatic rings. The summed E-state index contributed by atoms with van der Waals surface area (Å²) in [5, 5.41) is 3.86. The van der Waals surface area contributed by atoms with Gasteiger partial charge in [0.1, 0.15) is 0 Å². The average molecular weight is 255 g/mol. The fourth-order valence-electron chi connectivity index (χ4n) is 3.62. The Bertz CT molecular complexity index is 322. The first-order valence-corrected chi connectivity index (χ1v) is 7.40. The fourth-order valence-corrected chi connectivity index (χ4v) is 3.62. The van der Waals surface area contributed by atoms with Gasteiger partial charge >= 0.3 is 0 Å². The highest BCUT2D eigenvalue weighted by Gasteiger charge is 2.58. The number of hydrogen-bond acceptors (Lipinski definition) is 3.